The Hall–Kier alpha value is -2.32. The van der Waals surface area contributed by atoms with Crippen LogP contribution in [0.15, 0.2) is 30.3 Å². The lowest BCUT2D eigenvalue weighted by molar-refractivity contribution is -0.143. The van der Waals surface area contributed by atoms with Gasteiger partial charge in [-0.2, -0.15) is 5.26 Å². The summed E-state index contributed by atoms with van der Waals surface area (Å²) in [4.78, 5) is 11.6. The third-order valence-corrected chi connectivity index (χ3v) is 3.28. The molecule has 1 heterocycles. The number of esters is 1. The van der Waals surface area contributed by atoms with Crippen LogP contribution >= 0.6 is 0 Å². The molecule has 1 fully saturated rings. The number of hydrogen-bond acceptors (Lipinski definition) is 5. The first-order valence-corrected chi connectivity index (χ1v) is 7.34. The van der Waals surface area contributed by atoms with Crippen molar-refractivity contribution in [3.8, 4) is 11.8 Å². The summed E-state index contributed by atoms with van der Waals surface area (Å²) < 4.78 is 15.8. The van der Waals surface area contributed by atoms with Gasteiger partial charge in [-0.05, 0) is 43.0 Å². The number of nitriles is 1. The van der Waals surface area contributed by atoms with E-state index in [4.69, 9.17) is 19.5 Å². The normalized spacial score (nSPS) is 17.9. The number of hydrogen-bond donors (Lipinski definition) is 0. The fourth-order valence-electron chi connectivity index (χ4n) is 2.12. The van der Waals surface area contributed by atoms with Crippen molar-refractivity contribution in [1.82, 2.24) is 0 Å². The molecule has 2 rings (SSSR count). The minimum Gasteiger partial charge on any atom is -0.479 e. The van der Waals surface area contributed by atoms with E-state index in [9.17, 15) is 4.79 Å². The highest BCUT2D eigenvalue weighted by Gasteiger charge is 2.15. The van der Waals surface area contributed by atoms with Gasteiger partial charge in [0.15, 0.2) is 6.61 Å². The number of benzene rings is 1. The molecule has 1 unspecified atom stereocenters. The van der Waals surface area contributed by atoms with Crippen LogP contribution in [0.25, 0.3) is 6.08 Å². The van der Waals surface area contributed by atoms with Crippen molar-refractivity contribution < 1.29 is 19.0 Å². The summed E-state index contributed by atoms with van der Waals surface area (Å²) in [6.45, 7) is 1.08. The summed E-state index contributed by atoms with van der Waals surface area (Å²) in [5, 5.41) is 8.43. The SMILES string of the molecule is N#CCOc1ccc(C=CC(=O)OCC2CCCCO2)cc1. The maximum absolute atomic E-state index is 11.6. The molecule has 0 radical (unpaired) electrons. The van der Waals surface area contributed by atoms with Crippen LogP contribution in [0, 0.1) is 11.3 Å². The van der Waals surface area contributed by atoms with Gasteiger partial charge in [0.25, 0.3) is 0 Å². The highest BCUT2D eigenvalue weighted by Crippen LogP contribution is 2.14. The zero-order valence-electron chi connectivity index (χ0n) is 12.4. The minimum atomic E-state index is -0.376. The molecule has 1 saturated heterocycles. The summed E-state index contributed by atoms with van der Waals surface area (Å²) in [6.07, 6.45) is 6.26. The molecule has 116 valence electrons. The van der Waals surface area contributed by atoms with Gasteiger partial charge in [-0.1, -0.05) is 12.1 Å². The molecule has 0 amide bonds. The van der Waals surface area contributed by atoms with Gasteiger partial charge in [0, 0.05) is 12.7 Å². The average Bonchev–Trinajstić information content (AvgIpc) is 2.58. The summed E-state index contributed by atoms with van der Waals surface area (Å²) in [5.41, 5.74) is 0.857. The van der Waals surface area contributed by atoms with Crippen molar-refractivity contribution in [3.63, 3.8) is 0 Å². The molecule has 5 nitrogen and oxygen atoms in total. The van der Waals surface area contributed by atoms with Gasteiger partial charge in [0.05, 0.1) is 6.10 Å². The maximum atomic E-state index is 11.6. The molecule has 1 aromatic carbocycles. The van der Waals surface area contributed by atoms with Gasteiger partial charge in [0.1, 0.15) is 18.4 Å². The third kappa shape index (κ3) is 5.58. The number of nitrogens with zero attached hydrogens (tertiary/aromatic N) is 1. The molecule has 5 heteroatoms. The second-order valence-corrected chi connectivity index (χ2v) is 4.97. The van der Waals surface area contributed by atoms with Gasteiger partial charge in [-0.15, -0.1) is 0 Å². The number of rotatable bonds is 6. The molecule has 0 bridgehead atoms. The molecular weight excluding hydrogens is 282 g/mol. The van der Waals surface area contributed by atoms with E-state index in [0.29, 0.717) is 12.4 Å². The summed E-state index contributed by atoms with van der Waals surface area (Å²) >= 11 is 0. The lowest BCUT2D eigenvalue weighted by Gasteiger charge is -2.21. The van der Waals surface area contributed by atoms with Crippen LogP contribution in [0.3, 0.4) is 0 Å². The Morgan fingerprint density at radius 2 is 2.18 bits per heavy atom. The van der Waals surface area contributed by atoms with Crippen LogP contribution in [0.4, 0.5) is 0 Å². The summed E-state index contributed by atoms with van der Waals surface area (Å²) in [7, 11) is 0. The first-order chi connectivity index (χ1) is 10.8. The standard InChI is InChI=1S/C17H19NO4/c18-10-12-21-15-7-4-14(5-8-15)6-9-17(19)22-13-16-3-1-2-11-20-16/h4-9,16H,1-3,11-13H2. The Labute approximate surface area is 130 Å². The van der Waals surface area contributed by atoms with Crippen LogP contribution in [0.5, 0.6) is 5.75 Å². The quantitative estimate of drug-likeness (QED) is 0.597. The zero-order chi connectivity index (χ0) is 15.6. The zero-order valence-corrected chi connectivity index (χ0v) is 12.4. The smallest absolute Gasteiger partial charge is 0.330 e. The van der Waals surface area contributed by atoms with E-state index in [2.05, 4.69) is 0 Å². The largest absolute Gasteiger partial charge is 0.479 e. The molecule has 1 aromatic rings. The van der Waals surface area contributed by atoms with Crippen molar-refractivity contribution in [2.24, 2.45) is 0 Å². The van der Waals surface area contributed by atoms with Gasteiger partial charge < -0.3 is 14.2 Å². The minimum absolute atomic E-state index is 0.0186. The van der Waals surface area contributed by atoms with Crippen LogP contribution in [-0.2, 0) is 14.3 Å². The second-order valence-electron chi connectivity index (χ2n) is 4.97. The first-order valence-electron chi connectivity index (χ1n) is 7.34. The van der Waals surface area contributed by atoms with E-state index in [0.717, 1.165) is 31.4 Å². The van der Waals surface area contributed by atoms with Crippen molar-refractivity contribution in [2.45, 2.75) is 25.4 Å². The lowest BCUT2D eigenvalue weighted by atomic mass is 10.1. The molecule has 0 aliphatic carbocycles. The fraction of sp³-hybridized carbons (Fsp3) is 0.412. The topological polar surface area (TPSA) is 68.5 Å². The number of carbonyl (C=O) groups excluding carboxylic acids is 1. The predicted octanol–water partition coefficient (Wildman–Crippen LogP) is 2.71. The Kier molecular flexibility index (Phi) is 6.46. The van der Waals surface area contributed by atoms with E-state index in [1.165, 1.54) is 6.08 Å². The summed E-state index contributed by atoms with van der Waals surface area (Å²) in [6, 6.07) is 9.01. The van der Waals surface area contributed by atoms with Crippen LogP contribution in [-0.4, -0.2) is 31.9 Å². The highest BCUT2D eigenvalue weighted by molar-refractivity contribution is 5.87. The van der Waals surface area contributed by atoms with E-state index in [-0.39, 0.29) is 18.7 Å². The number of carbonyl (C=O) groups is 1. The van der Waals surface area contributed by atoms with Crippen molar-refractivity contribution in [3.05, 3.63) is 35.9 Å². The summed E-state index contributed by atoms with van der Waals surface area (Å²) in [5.74, 6) is 0.245. The Bertz CT molecular complexity index is 539. The highest BCUT2D eigenvalue weighted by atomic mass is 16.6. The molecule has 22 heavy (non-hydrogen) atoms. The van der Waals surface area contributed by atoms with E-state index in [1.54, 1.807) is 30.3 Å². The molecular formula is C17H19NO4. The molecule has 0 aromatic heterocycles. The lowest BCUT2D eigenvalue weighted by Crippen LogP contribution is -2.25. The average molecular weight is 301 g/mol. The molecule has 1 aliphatic rings. The van der Waals surface area contributed by atoms with Crippen molar-refractivity contribution >= 4 is 12.0 Å². The molecule has 0 saturated carbocycles. The Morgan fingerprint density at radius 3 is 2.86 bits per heavy atom. The fourth-order valence-corrected chi connectivity index (χ4v) is 2.12. The Morgan fingerprint density at radius 1 is 1.36 bits per heavy atom. The van der Waals surface area contributed by atoms with Gasteiger partial charge in [-0.25, -0.2) is 4.79 Å². The second kappa shape index (κ2) is 8.85. The predicted molar refractivity (Wildman–Crippen MR) is 81.1 cm³/mol. The van der Waals surface area contributed by atoms with E-state index in [1.807, 2.05) is 6.07 Å². The van der Waals surface area contributed by atoms with E-state index >= 15 is 0 Å². The molecule has 0 spiro atoms. The molecule has 0 N–H and O–H groups in total. The maximum Gasteiger partial charge on any atom is 0.330 e. The number of ether oxygens (including phenoxy) is 3. The first kappa shape index (κ1) is 16.1. The third-order valence-electron chi connectivity index (χ3n) is 3.28. The monoisotopic (exact) mass is 301 g/mol. The Balaban J connectivity index is 1.75. The van der Waals surface area contributed by atoms with Crippen molar-refractivity contribution in [2.75, 3.05) is 19.8 Å². The van der Waals surface area contributed by atoms with Crippen LogP contribution in [0.1, 0.15) is 24.8 Å². The molecule has 1 aliphatic heterocycles. The van der Waals surface area contributed by atoms with Gasteiger partial charge in [0.2, 0.25) is 0 Å². The molecule has 1 atom stereocenters. The van der Waals surface area contributed by atoms with Gasteiger partial charge >= 0.3 is 5.97 Å². The van der Waals surface area contributed by atoms with Crippen molar-refractivity contribution in [1.29, 1.82) is 5.26 Å². The van der Waals surface area contributed by atoms with Crippen LogP contribution < -0.4 is 4.74 Å². The van der Waals surface area contributed by atoms with E-state index < -0.39 is 0 Å². The van der Waals surface area contributed by atoms with Crippen LogP contribution in [0.2, 0.25) is 0 Å². The van der Waals surface area contributed by atoms with Gasteiger partial charge in [-0.3, -0.25) is 0 Å².